The molecule has 0 spiro atoms. The van der Waals surface area contributed by atoms with Gasteiger partial charge in [0, 0.05) is 50.1 Å². The van der Waals surface area contributed by atoms with Gasteiger partial charge in [0.1, 0.15) is 5.82 Å². The van der Waals surface area contributed by atoms with Crippen molar-refractivity contribution < 1.29 is 9.90 Å². The lowest BCUT2D eigenvalue weighted by molar-refractivity contribution is -0.138. The molecule has 2 aromatic heterocycles. The van der Waals surface area contributed by atoms with E-state index in [1.807, 2.05) is 36.0 Å². The van der Waals surface area contributed by atoms with Crippen molar-refractivity contribution in [1.82, 2.24) is 19.9 Å². The van der Waals surface area contributed by atoms with Gasteiger partial charge < -0.3 is 14.9 Å². The van der Waals surface area contributed by atoms with E-state index in [2.05, 4.69) is 4.98 Å². The van der Waals surface area contributed by atoms with Crippen LogP contribution in [-0.4, -0.2) is 57.6 Å². The molecule has 1 N–H and O–H groups in total. The third-order valence-electron chi connectivity index (χ3n) is 5.76. The van der Waals surface area contributed by atoms with Crippen LogP contribution in [0.5, 0.6) is 0 Å². The highest BCUT2D eigenvalue weighted by molar-refractivity contribution is 5.79. The van der Waals surface area contributed by atoms with E-state index in [4.69, 9.17) is 9.97 Å². The Morgan fingerprint density at radius 2 is 1.86 bits per heavy atom. The lowest BCUT2D eigenvalue weighted by atomic mass is 9.86. The van der Waals surface area contributed by atoms with E-state index in [1.165, 1.54) is 0 Å². The third-order valence-corrected chi connectivity index (χ3v) is 5.76. The van der Waals surface area contributed by atoms with Crippen molar-refractivity contribution in [3.63, 3.8) is 0 Å². The van der Waals surface area contributed by atoms with Crippen LogP contribution in [0.15, 0.2) is 24.5 Å². The zero-order valence-electron chi connectivity index (χ0n) is 16.5. The number of pyridine rings is 1. The summed E-state index contributed by atoms with van der Waals surface area (Å²) in [5.74, 6) is 1.82. The number of anilines is 1. The zero-order valence-corrected chi connectivity index (χ0v) is 16.5. The summed E-state index contributed by atoms with van der Waals surface area (Å²) < 4.78 is 0. The molecule has 3 heterocycles. The summed E-state index contributed by atoms with van der Waals surface area (Å²) in [5, 5.41) is 9.72. The van der Waals surface area contributed by atoms with Crippen LogP contribution in [0.25, 0.3) is 11.4 Å². The Labute approximate surface area is 165 Å². The van der Waals surface area contributed by atoms with E-state index in [1.54, 1.807) is 12.4 Å². The number of carbonyl (C=O) groups excluding carboxylic acids is 1. The van der Waals surface area contributed by atoms with Crippen molar-refractivity contribution in [2.24, 2.45) is 5.92 Å². The number of fused-ring (bicyclic) bond motifs is 1. The minimum atomic E-state index is -0.246. The molecule has 2 aliphatic rings. The summed E-state index contributed by atoms with van der Waals surface area (Å²) in [6.07, 6.45) is 6.99. The molecule has 1 amide bonds. The van der Waals surface area contributed by atoms with Gasteiger partial charge in [-0.3, -0.25) is 9.78 Å². The summed E-state index contributed by atoms with van der Waals surface area (Å²) in [7, 11) is 3.98. The minimum Gasteiger partial charge on any atom is -0.393 e. The molecule has 1 fully saturated rings. The maximum absolute atomic E-state index is 13.0. The Morgan fingerprint density at radius 3 is 2.54 bits per heavy atom. The van der Waals surface area contributed by atoms with E-state index < -0.39 is 0 Å². The molecule has 0 saturated heterocycles. The molecule has 0 radical (unpaired) electrons. The predicted molar refractivity (Wildman–Crippen MR) is 107 cm³/mol. The number of rotatable bonds is 3. The molecule has 0 unspecified atom stereocenters. The van der Waals surface area contributed by atoms with Crippen molar-refractivity contribution in [2.45, 2.75) is 44.8 Å². The molecule has 0 atom stereocenters. The molecule has 28 heavy (non-hydrogen) atoms. The van der Waals surface area contributed by atoms with Gasteiger partial charge in [-0.2, -0.15) is 0 Å². The monoisotopic (exact) mass is 381 g/mol. The summed E-state index contributed by atoms with van der Waals surface area (Å²) in [5.41, 5.74) is 2.98. The molecule has 1 aliphatic carbocycles. The van der Waals surface area contributed by atoms with E-state index in [9.17, 15) is 9.90 Å². The van der Waals surface area contributed by atoms with Crippen LogP contribution in [-0.2, 0) is 17.8 Å². The molecule has 7 nitrogen and oxygen atoms in total. The van der Waals surface area contributed by atoms with Crippen LogP contribution >= 0.6 is 0 Å². The molecule has 7 heteroatoms. The molecule has 2 aromatic rings. The Morgan fingerprint density at radius 1 is 1.14 bits per heavy atom. The summed E-state index contributed by atoms with van der Waals surface area (Å²) in [6, 6.07) is 3.81. The first kappa shape index (κ1) is 18.8. The number of nitrogens with zero attached hydrogens (tertiary/aromatic N) is 5. The van der Waals surface area contributed by atoms with Crippen molar-refractivity contribution >= 4 is 11.7 Å². The largest absolute Gasteiger partial charge is 0.393 e. The first-order valence-corrected chi connectivity index (χ1v) is 9.97. The van der Waals surface area contributed by atoms with Crippen LogP contribution in [0.4, 0.5) is 5.82 Å². The van der Waals surface area contributed by atoms with Gasteiger partial charge in [-0.05, 0) is 44.2 Å². The predicted octanol–water partition coefficient (Wildman–Crippen LogP) is 2.04. The average Bonchev–Trinajstić information content (AvgIpc) is 2.73. The Balaban J connectivity index is 1.62. The van der Waals surface area contributed by atoms with Crippen molar-refractivity contribution in [3.05, 3.63) is 35.8 Å². The van der Waals surface area contributed by atoms with Crippen LogP contribution in [0, 0.1) is 5.92 Å². The van der Waals surface area contributed by atoms with Crippen molar-refractivity contribution in [3.8, 4) is 11.4 Å². The smallest absolute Gasteiger partial charge is 0.226 e. The number of hydrogen-bond donors (Lipinski definition) is 1. The first-order valence-electron chi connectivity index (χ1n) is 9.97. The van der Waals surface area contributed by atoms with E-state index in [0.717, 1.165) is 54.7 Å². The molecule has 0 aromatic carbocycles. The van der Waals surface area contributed by atoms with Gasteiger partial charge in [0.15, 0.2) is 5.82 Å². The Kier molecular flexibility index (Phi) is 5.26. The van der Waals surface area contributed by atoms with Gasteiger partial charge in [0.25, 0.3) is 0 Å². The van der Waals surface area contributed by atoms with Gasteiger partial charge in [0.2, 0.25) is 5.91 Å². The number of hydrogen-bond acceptors (Lipinski definition) is 6. The topological polar surface area (TPSA) is 82.5 Å². The maximum Gasteiger partial charge on any atom is 0.226 e. The van der Waals surface area contributed by atoms with Gasteiger partial charge in [-0.25, -0.2) is 9.97 Å². The number of carbonyl (C=O) groups is 1. The quantitative estimate of drug-likeness (QED) is 0.876. The van der Waals surface area contributed by atoms with Gasteiger partial charge >= 0.3 is 0 Å². The fraction of sp³-hybridized carbons (Fsp3) is 0.524. The normalized spacial score (nSPS) is 21.9. The summed E-state index contributed by atoms with van der Waals surface area (Å²) in [4.78, 5) is 30.7. The van der Waals surface area contributed by atoms with Crippen LogP contribution in [0.2, 0.25) is 0 Å². The maximum atomic E-state index is 13.0. The highest BCUT2D eigenvalue weighted by atomic mass is 16.3. The zero-order chi connectivity index (χ0) is 19.7. The lowest BCUT2D eigenvalue weighted by Gasteiger charge is -2.34. The molecular formula is C21H27N5O2. The second-order valence-electron chi connectivity index (χ2n) is 7.94. The highest BCUT2D eigenvalue weighted by Gasteiger charge is 2.32. The third kappa shape index (κ3) is 3.71. The fourth-order valence-electron chi connectivity index (χ4n) is 4.18. The standard InChI is InChI=1S/C21H27N5O2/c1-25(2)20-17-9-12-26(21(28)15-3-5-16(27)6-4-15)13-18(17)23-19(24-20)14-7-10-22-11-8-14/h7-8,10-11,15-16,27H,3-6,9,12-13H2,1-2H3. The summed E-state index contributed by atoms with van der Waals surface area (Å²) in [6.45, 7) is 1.22. The van der Waals surface area contributed by atoms with Crippen LogP contribution < -0.4 is 4.90 Å². The molecule has 0 bridgehead atoms. The second kappa shape index (κ2) is 7.83. The van der Waals surface area contributed by atoms with Gasteiger partial charge in [0.05, 0.1) is 18.3 Å². The highest BCUT2D eigenvalue weighted by Crippen LogP contribution is 2.31. The second-order valence-corrected chi connectivity index (χ2v) is 7.94. The number of aliphatic hydroxyl groups excluding tert-OH is 1. The molecule has 4 rings (SSSR count). The van der Waals surface area contributed by atoms with Crippen LogP contribution in [0.1, 0.15) is 36.9 Å². The Hall–Kier alpha value is -2.54. The number of aliphatic hydroxyl groups is 1. The SMILES string of the molecule is CN(C)c1nc(-c2ccncc2)nc2c1CCN(C(=O)C1CCC(O)CC1)C2. The van der Waals surface area contributed by atoms with Crippen LogP contribution in [0.3, 0.4) is 0 Å². The minimum absolute atomic E-state index is 0.0276. The van der Waals surface area contributed by atoms with E-state index >= 15 is 0 Å². The van der Waals surface area contributed by atoms with Crippen molar-refractivity contribution in [2.75, 3.05) is 25.5 Å². The van der Waals surface area contributed by atoms with E-state index in [-0.39, 0.29) is 17.9 Å². The fourth-order valence-corrected chi connectivity index (χ4v) is 4.18. The van der Waals surface area contributed by atoms with Gasteiger partial charge in [-0.15, -0.1) is 0 Å². The molecule has 1 saturated carbocycles. The Bertz CT molecular complexity index is 847. The van der Waals surface area contributed by atoms with Gasteiger partial charge in [-0.1, -0.05) is 0 Å². The number of aromatic nitrogens is 3. The average molecular weight is 381 g/mol. The van der Waals surface area contributed by atoms with Crippen molar-refractivity contribution in [1.29, 1.82) is 0 Å². The first-order chi connectivity index (χ1) is 13.5. The summed E-state index contributed by atoms with van der Waals surface area (Å²) >= 11 is 0. The molecule has 1 aliphatic heterocycles. The lowest BCUT2D eigenvalue weighted by Crippen LogP contribution is -2.42. The number of amides is 1. The van der Waals surface area contributed by atoms with E-state index in [0.29, 0.717) is 18.9 Å². The molecule has 148 valence electrons. The molecular weight excluding hydrogens is 354 g/mol.